The fourth-order valence-corrected chi connectivity index (χ4v) is 1.56. The first-order chi connectivity index (χ1) is 5.84. The Hall–Kier alpha value is -1.17. The molecular formula is C7H7F2NO2S. The Labute approximate surface area is 74.1 Å². The van der Waals surface area contributed by atoms with Gasteiger partial charge in [-0.1, -0.05) is 0 Å². The van der Waals surface area contributed by atoms with E-state index >= 15 is 0 Å². The van der Waals surface area contributed by atoms with Gasteiger partial charge in [-0.3, -0.25) is 0 Å². The van der Waals surface area contributed by atoms with Crippen LogP contribution in [0.4, 0.5) is 14.5 Å². The summed E-state index contributed by atoms with van der Waals surface area (Å²) >= 11 is 0. The molecule has 0 saturated heterocycles. The van der Waals surface area contributed by atoms with Crippen LogP contribution in [-0.2, 0) is 9.84 Å². The highest BCUT2D eigenvalue weighted by atomic mass is 32.2. The van der Waals surface area contributed by atoms with E-state index in [9.17, 15) is 17.2 Å². The van der Waals surface area contributed by atoms with Gasteiger partial charge in [0.2, 0.25) is 0 Å². The molecule has 0 atom stereocenters. The molecule has 0 fully saturated rings. The van der Waals surface area contributed by atoms with Gasteiger partial charge in [0, 0.05) is 6.26 Å². The first kappa shape index (κ1) is 9.91. The van der Waals surface area contributed by atoms with Crippen LogP contribution in [-0.4, -0.2) is 14.7 Å². The van der Waals surface area contributed by atoms with Crippen LogP contribution >= 0.6 is 0 Å². The maximum Gasteiger partial charge on any atom is 0.183 e. The van der Waals surface area contributed by atoms with Crippen molar-refractivity contribution in [3.8, 4) is 0 Å². The van der Waals surface area contributed by atoms with E-state index in [2.05, 4.69) is 0 Å². The second-order valence-electron chi connectivity index (χ2n) is 2.55. The minimum absolute atomic E-state index is 0.412. The number of halogens is 2. The van der Waals surface area contributed by atoms with Gasteiger partial charge in [-0.05, 0) is 12.1 Å². The maximum atomic E-state index is 12.9. The number of nitrogen functional groups attached to an aromatic ring is 1. The fraction of sp³-hybridized carbons (Fsp3) is 0.143. The van der Waals surface area contributed by atoms with Gasteiger partial charge in [0.15, 0.2) is 21.5 Å². The number of benzene rings is 1. The van der Waals surface area contributed by atoms with Crippen molar-refractivity contribution in [3.63, 3.8) is 0 Å². The molecule has 0 aliphatic heterocycles. The molecule has 0 radical (unpaired) electrons. The van der Waals surface area contributed by atoms with Crippen LogP contribution in [0.25, 0.3) is 0 Å². The van der Waals surface area contributed by atoms with Crippen molar-refractivity contribution in [2.24, 2.45) is 0 Å². The maximum absolute atomic E-state index is 12.9. The Morgan fingerprint density at radius 1 is 1.23 bits per heavy atom. The second kappa shape index (κ2) is 2.95. The van der Waals surface area contributed by atoms with E-state index < -0.39 is 32.1 Å². The molecule has 0 aromatic heterocycles. The monoisotopic (exact) mass is 207 g/mol. The van der Waals surface area contributed by atoms with Crippen molar-refractivity contribution in [2.45, 2.75) is 4.90 Å². The standard InChI is InChI=1S/C7H7F2NO2S/c1-13(11,12)5-3-2-4(10)6(8)7(5)9/h2-3H,10H2,1H3. The quantitative estimate of drug-likeness (QED) is 0.697. The highest BCUT2D eigenvalue weighted by Crippen LogP contribution is 2.21. The lowest BCUT2D eigenvalue weighted by Crippen LogP contribution is -2.04. The minimum atomic E-state index is -3.74. The molecule has 1 rings (SSSR count). The third-order valence-corrected chi connectivity index (χ3v) is 2.59. The lowest BCUT2D eigenvalue weighted by atomic mass is 10.3. The number of nitrogens with two attached hydrogens (primary N) is 1. The number of hydrogen-bond donors (Lipinski definition) is 1. The van der Waals surface area contributed by atoms with Gasteiger partial charge >= 0.3 is 0 Å². The predicted molar refractivity (Wildman–Crippen MR) is 43.9 cm³/mol. The molecule has 1 aromatic carbocycles. The average molecular weight is 207 g/mol. The second-order valence-corrected chi connectivity index (χ2v) is 4.54. The van der Waals surface area contributed by atoms with Gasteiger partial charge in [-0.15, -0.1) is 0 Å². The molecule has 0 amide bonds. The summed E-state index contributed by atoms with van der Waals surface area (Å²) in [6.45, 7) is 0. The van der Waals surface area contributed by atoms with Gasteiger partial charge in [0.25, 0.3) is 0 Å². The lowest BCUT2D eigenvalue weighted by molar-refractivity contribution is 0.488. The molecule has 0 aliphatic carbocycles. The molecule has 0 aliphatic rings. The molecule has 0 spiro atoms. The van der Waals surface area contributed by atoms with Gasteiger partial charge in [-0.25, -0.2) is 17.2 Å². The average Bonchev–Trinajstić information content (AvgIpc) is 1.98. The molecule has 72 valence electrons. The van der Waals surface area contributed by atoms with Gasteiger partial charge in [-0.2, -0.15) is 0 Å². The van der Waals surface area contributed by atoms with Crippen molar-refractivity contribution in [1.82, 2.24) is 0 Å². The van der Waals surface area contributed by atoms with E-state index in [1.165, 1.54) is 0 Å². The van der Waals surface area contributed by atoms with Crippen LogP contribution in [0.15, 0.2) is 17.0 Å². The highest BCUT2D eigenvalue weighted by Gasteiger charge is 2.18. The number of anilines is 1. The highest BCUT2D eigenvalue weighted by molar-refractivity contribution is 7.90. The Bertz CT molecular complexity index is 442. The topological polar surface area (TPSA) is 60.2 Å². The molecule has 2 N–H and O–H groups in total. The molecule has 3 nitrogen and oxygen atoms in total. The van der Waals surface area contributed by atoms with Gasteiger partial charge < -0.3 is 5.73 Å². The molecule has 0 bridgehead atoms. The largest absolute Gasteiger partial charge is 0.396 e. The summed E-state index contributed by atoms with van der Waals surface area (Å²) in [5, 5.41) is 0. The minimum Gasteiger partial charge on any atom is -0.396 e. The molecule has 0 heterocycles. The SMILES string of the molecule is CS(=O)(=O)c1ccc(N)c(F)c1F. The van der Waals surface area contributed by atoms with Crippen LogP contribution < -0.4 is 5.73 Å². The van der Waals surface area contributed by atoms with Crippen LogP contribution in [0, 0.1) is 11.6 Å². The normalized spacial score (nSPS) is 11.6. The molecule has 6 heteroatoms. The first-order valence-electron chi connectivity index (χ1n) is 3.27. The number of sulfone groups is 1. The van der Waals surface area contributed by atoms with Crippen LogP contribution in [0.5, 0.6) is 0 Å². The summed E-state index contributed by atoms with van der Waals surface area (Å²) in [5.41, 5.74) is 4.61. The van der Waals surface area contributed by atoms with E-state index in [1.54, 1.807) is 0 Å². The van der Waals surface area contributed by atoms with E-state index in [1.807, 2.05) is 0 Å². The zero-order chi connectivity index (χ0) is 10.2. The summed E-state index contributed by atoms with van der Waals surface area (Å²) in [6, 6.07) is 1.94. The van der Waals surface area contributed by atoms with E-state index in [0.29, 0.717) is 0 Å². The molecular weight excluding hydrogens is 200 g/mol. The first-order valence-corrected chi connectivity index (χ1v) is 5.16. The van der Waals surface area contributed by atoms with Crippen molar-refractivity contribution in [1.29, 1.82) is 0 Å². The van der Waals surface area contributed by atoms with Gasteiger partial charge in [0.1, 0.15) is 4.90 Å². The third kappa shape index (κ3) is 1.77. The Morgan fingerprint density at radius 2 is 1.77 bits per heavy atom. The fourth-order valence-electron chi connectivity index (χ4n) is 0.833. The van der Waals surface area contributed by atoms with Crippen molar-refractivity contribution < 1.29 is 17.2 Å². The van der Waals surface area contributed by atoms with Crippen molar-refractivity contribution in [3.05, 3.63) is 23.8 Å². The van der Waals surface area contributed by atoms with Crippen molar-refractivity contribution in [2.75, 3.05) is 12.0 Å². The third-order valence-electron chi connectivity index (χ3n) is 1.48. The Morgan fingerprint density at radius 3 is 2.23 bits per heavy atom. The zero-order valence-electron chi connectivity index (χ0n) is 6.71. The van der Waals surface area contributed by atoms with E-state index in [-0.39, 0.29) is 0 Å². The smallest absolute Gasteiger partial charge is 0.183 e. The predicted octanol–water partition coefficient (Wildman–Crippen LogP) is 0.951. The van der Waals surface area contributed by atoms with Crippen LogP contribution in [0.3, 0.4) is 0 Å². The summed E-state index contributed by atoms with van der Waals surface area (Å²) in [7, 11) is -3.74. The van der Waals surface area contributed by atoms with Crippen LogP contribution in [0.1, 0.15) is 0 Å². The Balaban J connectivity index is 3.53. The zero-order valence-corrected chi connectivity index (χ0v) is 7.53. The number of hydrogen-bond acceptors (Lipinski definition) is 3. The lowest BCUT2D eigenvalue weighted by Gasteiger charge is -2.02. The van der Waals surface area contributed by atoms with E-state index in [4.69, 9.17) is 5.73 Å². The summed E-state index contributed by atoms with van der Waals surface area (Å²) in [6.07, 6.45) is 0.793. The molecule has 0 saturated carbocycles. The number of rotatable bonds is 1. The summed E-state index contributed by atoms with van der Waals surface area (Å²) in [5.74, 6) is -2.76. The van der Waals surface area contributed by atoms with Gasteiger partial charge in [0.05, 0.1) is 5.69 Å². The summed E-state index contributed by atoms with van der Waals surface area (Å²) in [4.78, 5) is -0.681. The Kier molecular flexibility index (Phi) is 2.25. The molecule has 0 unspecified atom stereocenters. The van der Waals surface area contributed by atoms with Crippen molar-refractivity contribution >= 4 is 15.5 Å². The molecule has 13 heavy (non-hydrogen) atoms. The molecule has 1 aromatic rings. The summed E-state index contributed by atoms with van der Waals surface area (Å²) < 4.78 is 47.4. The van der Waals surface area contributed by atoms with Crippen LogP contribution in [0.2, 0.25) is 0 Å². The van der Waals surface area contributed by atoms with E-state index in [0.717, 1.165) is 18.4 Å².